The van der Waals surface area contributed by atoms with Gasteiger partial charge in [-0.2, -0.15) is 0 Å². The minimum absolute atomic E-state index is 0.0115. The Kier molecular flexibility index (Phi) is 4.58. The van der Waals surface area contributed by atoms with Gasteiger partial charge in [-0.05, 0) is 32.9 Å². The topological polar surface area (TPSA) is 52.7 Å². The zero-order valence-corrected chi connectivity index (χ0v) is 12.2. The summed E-state index contributed by atoms with van der Waals surface area (Å²) in [6.45, 7) is 6.08. The Labute approximate surface area is 115 Å². The number of amides is 2. The van der Waals surface area contributed by atoms with Gasteiger partial charge in [0.1, 0.15) is 0 Å². The number of likely N-dealkylation sites (tertiary alicyclic amines) is 2. The van der Waals surface area contributed by atoms with E-state index in [2.05, 4.69) is 17.3 Å². The van der Waals surface area contributed by atoms with Gasteiger partial charge >= 0.3 is 0 Å². The van der Waals surface area contributed by atoms with Crippen molar-refractivity contribution in [2.24, 2.45) is 0 Å². The van der Waals surface area contributed by atoms with Gasteiger partial charge in [0.15, 0.2) is 0 Å². The highest BCUT2D eigenvalue weighted by Crippen LogP contribution is 2.21. The molecule has 0 spiro atoms. The quantitative estimate of drug-likeness (QED) is 0.741. The summed E-state index contributed by atoms with van der Waals surface area (Å²) in [5.74, 6) is -0.0317. The van der Waals surface area contributed by atoms with Crippen LogP contribution >= 0.6 is 0 Å². The Morgan fingerprint density at radius 3 is 2.53 bits per heavy atom. The molecule has 2 unspecified atom stereocenters. The molecule has 2 fully saturated rings. The summed E-state index contributed by atoms with van der Waals surface area (Å²) >= 11 is 0. The molecule has 0 saturated carbocycles. The second-order valence-corrected chi connectivity index (χ2v) is 5.74. The number of carbonyl (C=O) groups is 2. The van der Waals surface area contributed by atoms with Crippen molar-refractivity contribution in [2.45, 2.75) is 57.7 Å². The van der Waals surface area contributed by atoms with Crippen LogP contribution < -0.4 is 5.32 Å². The maximum Gasteiger partial charge on any atom is 0.247 e. The number of likely N-dealkylation sites (N-methyl/N-ethyl adjacent to an activating group) is 1. The van der Waals surface area contributed by atoms with Crippen molar-refractivity contribution in [3.8, 4) is 0 Å². The van der Waals surface area contributed by atoms with Crippen LogP contribution in [0.3, 0.4) is 0 Å². The van der Waals surface area contributed by atoms with E-state index in [1.54, 1.807) is 0 Å². The SMILES string of the molecule is CCC(CC)N1C(=O)CC(NC2CCN(C)C2)C1=O. The number of imide groups is 1. The molecule has 0 aromatic rings. The van der Waals surface area contributed by atoms with Crippen LogP contribution in [0.2, 0.25) is 0 Å². The first-order chi connectivity index (χ1) is 9.06. The highest BCUT2D eigenvalue weighted by Gasteiger charge is 2.42. The van der Waals surface area contributed by atoms with Gasteiger partial charge in [-0.1, -0.05) is 13.8 Å². The summed E-state index contributed by atoms with van der Waals surface area (Å²) in [5.41, 5.74) is 0. The molecule has 2 amide bonds. The fraction of sp³-hybridized carbons (Fsp3) is 0.857. The Balaban J connectivity index is 1.97. The van der Waals surface area contributed by atoms with Gasteiger partial charge < -0.3 is 10.2 Å². The molecule has 0 bridgehead atoms. The number of nitrogens with one attached hydrogen (secondary N) is 1. The minimum Gasteiger partial charge on any atom is -0.305 e. The lowest BCUT2D eigenvalue weighted by Crippen LogP contribution is -2.47. The van der Waals surface area contributed by atoms with Gasteiger partial charge in [0.05, 0.1) is 12.5 Å². The third kappa shape index (κ3) is 2.98. The van der Waals surface area contributed by atoms with Crippen LogP contribution in [0.5, 0.6) is 0 Å². The summed E-state index contributed by atoms with van der Waals surface area (Å²) in [6, 6.07) is 0.107. The molecule has 1 N–H and O–H groups in total. The summed E-state index contributed by atoms with van der Waals surface area (Å²) in [5, 5.41) is 3.37. The Morgan fingerprint density at radius 1 is 1.32 bits per heavy atom. The lowest BCUT2D eigenvalue weighted by Gasteiger charge is -2.25. The Bertz CT molecular complexity index is 355. The number of hydrogen-bond acceptors (Lipinski definition) is 4. The normalized spacial score (nSPS) is 28.9. The number of carbonyl (C=O) groups excluding carboxylic acids is 2. The highest BCUT2D eigenvalue weighted by molar-refractivity contribution is 6.05. The van der Waals surface area contributed by atoms with Crippen molar-refractivity contribution < 1.29 is 9.59 Å². The monoisotopic (exact) mass is 267 g/mol. The summed E-state index contributed by atoms with van der Waals surface area (Å²) in [7, 11) is 2.08. The van der Waals surface area contributed by atoms with E-state index in [0.29, 0.717) is 12.5 Å². The summed E-state index contributed by atoms with van der Waals surface area (Å²) < 4.78 is 0. The van der Waals surface area contributed by atoms with E-state index in [1.165, 1.54) is 4.90 Å². The highest BCUT2D eigenvalue weighted by atomic mass is 16.2. The first-order valence-electron chi connectivity index (χ1n) is 7.37. The molecular weight excluding hydrogens is 242 g/mol. The van der Waals surface area contributed by atoms with E-state index in [9.17, 15) is 9.59 Å². The molecule has 2 atom stereocenters. The first kappa shape index (κ1) is 14.5. The van der Waals surface area contributed by atoms with Crippen molar-refractivity contribution in [2.75, 3.05) is 20.1 Å². The van der Waals surface area contributed by atoms with E-state index in [0.717, 1.165) is 32.4 Å². The van der Waals surface area contributed by atoms with Crippen molar-refractivity contribution in [3.05, 3.63) is 0 Å². The molecule has 2 aliphatic heterocycles. The molecule has 0 aromatic carbocycles. The Hall–Kier alpha value is -0.940. The third-order valence-electron chi connectivity index (χ3n) is 4.32. The van der Waals surface area contributed by atoms with Crippen LogP contribution in [0.4, 0.5) is 0 Å². The van der Waals surface area contributed by atoms with Crippen LogP contribution in [0.15, 0.2) is 0 Å². The predicted molar refractivity (Wildman–Crippen MR) is 73.7 cm³/mol. The molecule has 0 radical (unpaired) electrons. The summed E-state index contributed by atoms with van der Waals surface area (Å²) in [6.07, 6.45) is 3.06. The molecule has 2 rings (SSSR count). The second-order valence-electron chi connectivity index (χ2n) is 5.74. The number of nitrogens with zero attached hydrogens (tertiary/aromatic N) is 2. The first-order valence-corrected chi connectivity index (χ1v) is 7.37. The van der Waals surface area contributed by atoms with Crippen LogP contribution in [0, 0.1) is 0 Å². The van der Waals surface area contributed by atoms with Crippen LogP contribution in [-0.4, -0.2) is 59.9 Å². The zero-order valence-electron chi connectivity index (χ0n) is 12.2. The van der Waals surface area contributed by atoms with E-state index in [4.69, 9.17) is 0 Å². The number of hydrogen-bond donors (Lipinski definition) is 1. The van der Waals surface area contributed by atoms with E-state index in [-0.39, 0.29) is 23.9 Å². The van der Waals surface area contributed by atoms with E-state index >= 15 is 0 Å². The molecule has 2 aliphatic rings. The van der Waals surface area contributed by atoms with E-state index < -0.39 is 0 Å². The van der Waals surface area contributed by atoms with Crippen LogP contribution in [0.25, 0.3) is 0 Å². The Morgan fingerprint density at radius 2 is 2.00 bits per heavy atom. The van der Waals surface area contributed by atoms with Gasteiger partial charge in [-0.15, -0.1) is 0 Å². The largest absolute Gasteiger partial charge is 0.305 e. The average molecular weight is 267 g/mol. The predicted octanol–water partition coefficient (Wildman–Crippen LogP) is 0.596. The van der Waals surface area contributed by atoms with Gasteiger partial charge in [0.25, 0.3) is 0 Å². The maximum atomic E-state index is 12.4. The van der Waals surface area contributed by atoms with Gasteiger partial charge in [0, 0.05) is 18.6 Å². The molecule has 2 heterocycles. The lowest BCUT2D eigenvalue weighted by atomic mass is 10.1. The zero-order chi connectivity index (χ0) is 14.0. The molecule has 19 heavy (non-hydrogen) atoms. The molecular formula is C14H25N3O2. The fourth-order valence-electron chi connectivity index (χ4n) is 3.17. The smallest absolute Gasteiger partial charge is 0.247 e. The van der Waals surface area contributed by atoms with Crippen molar-refractivity contribution >= 4 is 11.8 Å². The lowest BCUT2D eigenvalue weighted by molar-refractivity contribution is -0.141. The fourth-order valence-corrected chi connectivity index (χ4v) is 3.17. The minimum atomic E-state index is -0.301. The standard InChI is InChI=1S/C14H25N3O2/c1-4-11(5-2)17-13(18)8-12(14(17)19)15-10-6-7-16(3)9-10/h10-12,15H,4-9H2,1-3H3. The molecule has 2 saturated heterocycles. The van der Waals surface area contributed by atoms with Gasteiger partial charge in [0.2, 0.25) is 11.8 Å². The van der Waals surface area contributed by atoms with Crippen LogP contribution in [0.1, 0.15) is 39.5 Å². The van der Waals surface area contributed by atoms with Crippen molar-refractivity contribution in [1.29, 1.82) is 0 Å². The van der Waals surface area contributed by atoms with Crippen molar-refractivity contribution in [1.82, 2.24) is 15.1 Å². The molecule has 108 valence electrons. The third-order valence-corrected chi connectivity index (χ3v) is 4.32. The molecule has 5 heteroatoms. The molecule has 5 nitrogen and oxygen atoms in total. The van der Waals surface area contributed by atoms with Gasteiger partial charge in [-0.25, -0.2) is 0 Å². The van der Waals surface area contributed by atoms with Crippen LogP contribution in [-0.2, 0) is 9.59 Å². The summed E-state index contributed by atoms with van der Waals surface area (Å²) in [4.78, 5) is 28.2. The maximum absolute atomic E-state index is 12.4. The second kappa shape index (κ2) is 6.01. The number of rotatable bonds is 5. The van der Waals surface area contributed by atoms with Crippen molar-refractivity contribution in [3.63, 3.8) is 0 Å². The average Bonchev–Trinajstić information content (AvgIpc) is 2.89. The molecule has 0 aliphatic carbocycles. The van der Waals surface area contributed by atoms with E-state index in [1.807, 2.05) is 13.8 Å². The molecule has 0 aromatic heterocycles. The van der Waals surface area contributed by atoms with Gasteiger partial charge in [-0.3, -0.25) is 14.5 Å².